The summed E-state index contributed by atoms with van der Waals surface area (Å²) in [5.74, 6) is 0.502. The van der Waals surface area contributed by atoms with E-state index in [2.05, 4.69) is 4.98 Å². The van der Waals surface area contributed by atoms with Gasteiger partial charge in [-0.25, -0.2) is 8.42 Å². The molecule has 1 rings (SSSR count). The molecule has 0 aliphatic rings. The zero-order valence-corrected chi connectivity index (χ0v) is 9.79. The van der Waals surface area contributed by atoms with E-state index in [1.807, 2.05) is 13.8 Å². The molecule has 0 amide bonds. The maximum atomic E-state index is 11.8. The number of anilines is 1. The zero-order chi connectivity index (χ0) is 11.5. The second-order valence-electron chi connectivity index (χ2n) is 3.91. The lowest BCUT2D eigenvalue weighted by molar-refractivity contribution is 0.574. The van der Waals surface area contributed by atoms with E-state index in [0.29, 0.717) is 12.3 Å². The van der Waals surface area contributed by atoms with Gasteiger partial charge in [0.15, 0.2) is 9.84 Å². The number of hydrogen-bond acceptors (Lipinski definition) is 4. The van der Waals surface area contributed by atoms with Crippen LogP contribution in [0.4, 0.5) is 5.69 Å². The van der Waals surface area contributed by atoms with Gasteiger partial charge in [-0.2, -0.15) is 0 Å². The lowest BCUT2D eigenvalue weighted by Crippen LogP contribution is -2.11. The molecule has 0 unspecified atom stereocenters. The molecule has 84 valence electrons. The van der Waals surface area contributed by atoms with E-state index in [9.17, 15) is 8.42 Å². The number of nitrogens with zero attached hydrogens (tertiary/aromatic N) is 1. The molecule has 0 spiro atoms. The van der Waals surface area contributed by atoms with Gasteiger partial charge < -0.3 is 5.73 Å². The van der Waals surface area contributed by atoms with E-state index >= 15 is 0 Å². The molecular formula is C10H16N2O2S. The van der Waals surface area contributed by atoms with Crippen LogP contribution in [0.5, 0.6) is 0 Å². The van der Waals surface area contributed by atoms with Crippen LogP contribution in [0, 0.1) is 5.92 Å². The first kappa shape index (κ1) is 12.0. The molecule has 0 atom stereocenters. The molecule has 0 bridgehead atoms. The van der Waals surface area contributed by atoms with Crippen molar-refractivity contribution in [2.45, 2.75) is 25.2 Å². The molecule has 0 aliphatic carbocycles. The molecule has 0 radical (unpaired) electrons. The van der Waals surface area contributed by atoms with Crippen LogP contribution in [0.1, 0.15) is 20.3 Å². The fourth-order valence-corrected chi connectivity index (χ4v) is 2.86. The predicted molar refractivity (Wildman–Crippen MR) is 60.2 cm³/mol. The molecule has 15 heavy (non-hydrogen) atoms. The number of nitrogen functional groups attached to an aromatic ring is 1. The van der Waals surface area contributed by atoms with Gasteiger partial charge >= 0.3 is 0 Å². The third-order valence-corrected chi connectivity index (χ3v) is 3.92. The number of sulfone groups is 1. The number of rotatable bonds is 4. The molecule has 0 aromatic carbocycles. The topological polar surface area (TPSA) is 73.0 Å². The molecule has 0 aliphatic heterocycles. The van der Waals surface area contributed by atoms with Crippen molar-refractivity contribution in [3.8, 4) is 0 Å². The van der Waals surface area contributed by atoms with Crippen molar-refractivity contribution in [1.29, 1.82) is 0 Å². The molecule has 0 saturated carbocycles. The van der Waals surface area contributed by atoms with E-state index in [0.717, 1.165) is 0 Å². The molecular weight excluding hydrogens is 212 g/mol. The minimum atomic E-state index is -3.25. The fourth-order valence-electron chi connectivity index (χ4n) is 1.18. The highest BCUT2D eigenvalue weighted by atomic mass is 32.2. The van der Waals surface area contributed by atoms with Crippen molar-refractivity contribution in [2.24, 2.45) is 5.92 Å². The van der Waals surface area contributed by atoms with Gasteiger partial charge in [0.2, 0.25) is 0 Å². The van der Waals surface area contributed by atoms with Crippen LogP contribution in [0.2, 0.25) is 0 Å². The molecule has 5 heteroatoms. The van der Waals surface area contributed by atoms with Crippen molar-refractivity contribution in [2.75, 3.05) is 11.5 Å². The Morgan fingerprint density at radius 3 is 2.67 bits per heavy atom. The van der Waals surface area contributed by atoms with E-state index in [1.165, 1.54) is 18.5 Å². The van der Waals surface area contributed by atoms with Gasteiger partial charge in [0.05, 0.1) is 22.5 Å². The molecule has 1 aromatic rings. The number of pyridine rings is 1. The van der Waals surface area contributed by atoms with Crippen molar-refractivity contribution in [3.63, 3.8) is 0 Å². The Labute approximate surface area is 90.4 Å². The Balaban J connectivity index is 2.92. The van der Waals surface area contributed by atoms with Gasteiger partial charge in [0.1, 0.15) is 0 Å². The lowest BCUT2D eigenvalue weighted by atomic mass is 10.2. The summed E-state index contributed by atoms with van der Waals surface area (Å²) in [6.45, 7) is 3.98. The molecule has 0 fully saturated rings. The fraction of sp³-hybridized carbons (Fsp3) is 0.500. The van der Waals surface area contributed by atoms with Gasteiger partial charge in [-0.15, -0.1) is 0 Å². The summed E-state index contributed by atoms with van der Waals surface area (Å²) in [5, 5.41) is 0. The third-order valence-electron chi connectivity index (χ3n) is 2.11. The highest BCUT2D eigenvalue weighted by molar-refractivity contribution is 7.91. The summed E-state index contributed by atoms with van der Waals surface area (Å²) < 4.78 is 23.7. The highest BCUT2D eigenvalue weighted by Crippen LogP contribution is 2.19. The van der Waals surface area contributed by atoms with Crippen LogP contribution < -0.4 is 5.73 Å². The first-order chi connectivity index (χ1) is 6.93. The monoisotopic (exact) mass is 228 g/mol. The van der Waals surface area contributed by atoms with Gasteiger partial charge in [-0.05, 0) is 18.4 Å². The molecule has 2 N–H and O–H groups in total. The molecule has 1 aromatic heterocycles. The standard InChI is InChI=1S/C10H16N2O2S/c1-8(2)4-6-15(13,14)10-3-5-12-7-9(10)11/h3,5,7-8H,4,6,11H2,1-2H3. The summed E-state index contributed by atoms with van der Waals surface area (Å²) in [7, 11) is -3.25. The molecule has 0 saturated heterocycles. The Kier molecular flexibility index (Phi) is 3.68. The lowest BCUT2D eigenvalue weighted by Gasteiger charge is -2.08. The van der Waals surface area contributed by atoms with Gasteiger partial charge in [0, 0.05) is 6.20 Å². The average molecular weight is 228 g/mol. The van der Waals surface area contributed by atoms with Gasteiger partial charge in [-0.1, -0.05) is 13.8 Å². The average Bonchev–Trinajstić information content (AvgIpc) is 2.15. The first-order valence-electron chi connectivity index (χ1n) is 4.85. The highest BCUT2D eigenvalue weighted by Gasteiger charge is 2.17. The van der Waals surface area contributed by atoms with E-state index in [4.69, 9.17) is 5.73 Å². The van der Waals surface area contributed by atoms with Crippen molar-refractivity contribution in [3.05, 3.63) is 18.5 Å². The number of aromatic nitrogens is 1. The minimum Gasteiger partial charge on any atom is -0.396 e. The Morgan fingerprint density at radius 2 is 2.13 bits per heavy atom. The Hall–Kier alpha value is -1.10. The second kappa shape index (κ2) is 4.61. The van der Waals surface area contributed by atoms with Gasteiger partial charge in [-0.3, -0.25) is 4.98 Å². The number of hydrogen-bond donors (Lipinski definition) is 1. The van der Waals surface area contributed by atoms with E-state index in [1.54, 1.807) is 0 Å². The summed E-state index contributed by atoms with van der Waals surface area (Å²) in [6, 6.07) is 1.45. The normalized spacial score (nSPS) is 11.9. The summed E-state index contributed by atoms with van der Waals surface area (Å²) >= 11 is 0. The Bertz CT molecular complexity index is 427. The van der Waals surface area contributed by atoms with Crippen LogP contribution >= 0.6 is 0 Å². The summed E-state index contributed by atoms with van der Waals surface area (Å²) in [5.41, 5.74) is 5.79. The van der Waals surface area contributed by atoms with Crippen molar-refractivity contribution in [1.82, 2.24) is 4.98 Å². The predicted octanol–water partition coefficient (Wildman–Crippen LogP) is 1.48. The van der Waals surface area contributed by atoms with Crippen molar-refractivity contribution < 1.29 is 8.42 Å². The SMILES string of the molecule is CC(C)CCS(=O)(=O)c1ccncc1N. The maximum Gasteiger partial charge on any atom is 0.180 e. The zero-order valence-electron chi connectivity index (χ0n) is 8.97. The first-order valence-corrected chi connectivity index (χ1v) is 6.51. The van der Waals surface area contributed by atoms with Crippen LogP contribution in [0.3, 0.4) is 0 Å². The molecule has 4 nitrogen and oxygen atoms in total. The Morgan fingerprint density at radius 1 is 1.47 bits per heavy atom. The van der Waals surface area contributed by atoms with Crippen molar-refractivity contribution >= 4 is 15.5 Å². The quantitative estimate of drug-likeness (QED) is 0.847. The second-order valence-corrected chi connectivity index (χ2v) is 5.99. The summed E-state index contributed by atoms with van der Waals surface area (Å²) in [4.78, 5) is 3.96. The van der Waals surface area contributed by atoms with Crippen LogP contribution in [0.15, 0.2) is 23.4 Å². The van der Waals surface area contributed by atoms with Crippen LogP contribution in [-0.4, -0.2) is 19.2 Å². The summed E-state index contributed by atoms with van der Waals surface area (Å²) in [6.07, 6.45) is 3.45. The largest absolute Gasteiger partial charge is 0.396 e. The van der Waals surface area contributed by atoms with E-state index < -0.39 is 9.84 Å². The third kappa shape index (κ3) is 3.20. The maximum absolute atomic E-state index is 11.8. The van der Waals surface area contributed by atoms with E-state index in [-0.39, 0.29) is 16.3 Å². The smallest absolute Gasteiger partial charge is 0.180 e. The van der Waals surface area contributed by atoms with Crippen LogP contribution in [-0.2, 0) is 9.84 Å². The number of nitrogens with two attached hydrogens (primary N) is 1. The van der Waals surface area contributed by atoms with Crippen LogP contribution in [0.25, 0.3) is 0 Å². The molecule has 1 heterocycles. The minimum absolute atomic E-state index is 0.138. The van der Waals surface area contributed by atoms with Gasteiger partial charge in [0.25, 0.3) is 0 Å².